The third-order valence-electron chi connectivity index (χ3n) is 4.32. The van der Waals surface area contributed by atoms with Crippen molar-refractivity contribution >= 4 is 20.8 Å². The lowest BCUT2D eigenvalue weighted by Gasteiger charge is -2.40. The van der Waals surface area contributed by atoms with E-state index in [9.17, 15) is 8.42 Å². The number of benzene rings is 2. The zero-order chi connectivity index (χ0) is 14.9. The van der Waals surface area contributed by atoms with Crippen molar-refractivity contribution in [2.45, 2.75) is 29.8 Å². The van der Waals surface area contributed by atoms with Gasteiger partial charge < -0.3 is 4.74 Å². The lowest BCUT2D eigenvalue weighted by Crippen LogP contribution is -2.49. The van der Waals surface area contributed by atoms with Crippen molar-refractivity contribution in [2.24, 2.45) is 0 Å². The molecule has 112 valence electrons. The molecule has 0 heterocycles. The summed E-state index contributed by atoms with van der Waals surface area (Å²) in [4.78, 5) is 0.325. The maximum atomic E-state index is 12.6. The Morgan fingerprint density at radius 3 is 2.52 bits per heavy atom. The normalized spacial score (nSPS) is 17.6. The second-order valence-corrected chi connectivity index (χ2v) is 7.28. The Hall–Kier alpha value is -1.43. The minimum absolute atomic E-state index is 0.322. The molecule has 1 N–H and O–H groups in total. The molecule has 0 unspecified atom stereocenters. The summed E-state index contributed by atoms with van der Waals surface area (Å²) in [6.07, 6.45) is 2.90. The topological polar surface area (TPSA) is 55.4 Å². The van der Waals surface area contributed by atoms with Crippen LogP contribution < -0.4 is 4.72 Å². The SMILES string of the molecule is COC1(CNS(=O)(=O)c2cccc3ccccc23)CCC1. The van der Waals surface area contributed by atoms with Crippen molar-refractivity contribution in [3.05, 3.63) is 42.5 Å². The van der Waals surface area contributed by atoms with E-state index in [4.69, 9.17) is 4.74 Å². The monoisotopic (exact) mass is 305 g/mol. The molecular weight excluding hydrogens is 286 g/mol. The van der Waals surface area contributed by atoms with Crippen LogP contribution in [0.15, 0.2) is 47.4 Å². The first-order valence-electron chi connectivity index (χ1n) is 7.09. The molecule has 0 aromatic heterocycles. The predicted octanol–water partition coefficient (Wildman–Crippen LogP) is 2.69. The second kappa shape index (κ2) is 5.40. The molecule has 1 saturated carbocycles. The summed E-state index contributed by atoms with van der Waals surface area (Å²) in [6, 6.07) is 12.8. The summed E-state index contributed by atoms with van der Waals surface area (Å²) in [7, 11) is -1.89. The smallest absolute Gasteiger partial charge is 0.241 e. The first kappa shape index (κ1) is 14.5. The van der Waals surface area contributed by atoms with Crippen molar-refractivity contribution in [3.8, 4) is 0 Å². The van der Waals surface area contributed by atoms with Crippen molar-refractivity contribution in [1.82, 2.24) is 4.72 Å². The van der Waals surface area contributed by atoms with Gasteiger partial charge in [0.25, 0.3) is 0 Å². The van der Waals surface area contributed by atoms with Crippen LogP contribution in [0, 0.1) is 0 Å². The average molecular weight is 305 g/mol. The zero-order valence-electron chi connectivity index (χ0n) is 12.0. The van der Waals surface area contributed by atoms with Gasteiger partial charge in [0.05, 0.1) is 10.5 Å². The van der Waals surface area contributed by atoms with E-state index < -0.39 is 10.0 Å². The van der Waals surface area contributed by atoms with Gasteiger partial charge in [-0.15, -0.1) is 0 Å². The molecule has 21 heavy (non-hydrogen) atoms. The second-order valence-electron chi connectivity index (χ2n) is 5.54. The van der Waals surface area contributed by atoms with E-state index in [0.29, 0.717) is 11.4 Å². The summed E-state index contributed by atoms with van der Waals surface area (Å²) in [6.45, 7) is 0.328. The fourth-order valence-electron chi connectivity index (χ4n) is 2.76. The molecule has 4 nitrogen and oxygen atoms in total. The van der Waals surface area contributed by atoms with Crippen molar-refractivity contribution < 1.29 is 13.2 Å². The number of fused-ring (bicyclic) bond motifs is 1. The molecule has 5 heteroatoms. The van der Waals surface area contributed by atoms with Gasteiger partial charge in [-0.1, -0.05) is 36.4 Å². The van der Waals surface area contributed by atoms with Crippen LogP contribution >= 0.6 is 0 Å². The van der Waals surface area contributed by atoms with Crippen LogP contribution in [0.2, 0.25) is 0 Å². The molecule has 0 aliphatic heterocycles. The van der Waals surface area contributed by atoms with E-state index in [1.807, 2.05) is 30.3 Å². The average Bonchev–Trinajstić information content (AvgIpc) is 2.46. The third kappa shape index (κ3) is 2.69. The highest BCUT2D eigenvalue weighted by molar-refractivity contribution is 7.89. The number of sulfonamides is 1. The number of nitrogens with one attached hydrogen (secondary N) is 1. The van der Waals surface area contributed by atoms with Crippen LogP contribution in [0.25, 0.3) is 10.8 Å². The molecule has 0 radical (unpaired) electrons. The number of hydrogen-bond donors (Lipinski definition) is 1. The van der Waals surface area contributed by atoms with E-state index in [-0.39, 0.29) is 5.60 Å². The summed E-state index contributed by atoms with van der Waals surface area (Å²) < 4.78 is 33.3. The molecule has 0 saturated heterocycles. The van der Waals surface area contributed by atoms with Gasteiger partial charge >= 0.3 is 0 Å². The van der Waals surface area contributed by atoms with Gasteiger partial charge in [0.1, 0.15) is 0 Å². The van der Waals surface area contributed by atoms with Gasteiger partial charge in [-0.3, -0.25) is 0 Å². The molecule has 0 bridgehead atoms. The summed E-state index contributed by atoms with van der Waals surface area (Å²) >= 11 is 0. The largest absolute Gasteiger partial charge is 0.377 e. The number of rotatable bonds is 5. The highest BCUT2D eigenvalue weighted by atomic mass is 32.2. The molecule has 0 amide bonds. The zero-order valence-corrected chi connectivity index (χ0v) is 12.8. The highest BCUT2D eigenvalue weighted by Gasteiger charge is 2.38. The van der Waals surface area contributed by atoms with Crippen LogP contribution in [0.1, 0.15) is 19.3 Å². The molecular formula is C16H19NO3S. The Morgan fingerprint density at radius 1 is 1.14 bits per heavy atom. The molecule has 1 aliphatic rings. The van der Waals surface area contributed by atoms with E-state index in [0.717, 1.165) is 30.0 Å². The fourth-order valence-corrected chi connectivity index (χ4v) is 4.10. The van der Waals surface area contributed by atoms with Crippen molar-refractivity contribution in [2.75, 3.05) is 13.7 Å². The number of methoxy groups -OCH3 is 1. The molecule has 1 aliphatic carbocycles. The summed E-state index contributed by atoms with van der Waals surface area (Å²) in [5.41, 5.74) is -0.322. The molecule has 2 aromatic rings. The van der Waals surface area contributed by atoms with Crippen LogP contribution in [0.3, 0.4) is 0 Å². The molecule has 2 aromatic carbocycles. The van der Waals surface area contributed by atoms with Gasteiger partial charge in [-0.05, 0) is 30.7 Å². The minimum atomic E-state index is -3.54. The Morgan fingerprint density at radius 2 is 1.86 bits per heavy atom. The number of hydrogen-bond acceptors (Lipinski definition) is 3. The van der Waals surface area contributed by atoms with Crippen LogP contribution in [-0.4, -0.2) is 27.7 Å². The van der Waals surface area contributed by atoms with Crippen LogP contribution in [0.4, 0.5) is 0 Å². The maximum Gasteiger partial charge on any atom is 0.241 e. The fraction of sp³-hybridized carbons (Fsp3) is 0.375. The molecule has 3 rings (SSSR count). The molecule has 1 fully saturated rings. The van der Waals surface area contributed by atoms with E-state index in [1.165, 1.54) is 0 Å². The quantitative estimate of drug-likeness (QED) is 0.924. The van der Waals surface area contributed by atoms with Gasteiger partial charge in [0, 0.05) is 19.0 Å². The van der Waals surface area contributed by atoms with E-state index in [2.05, 4.69) is 4.72 Å². The van der Waals surface area contributed by atoms with Gasteiger partial charge in [0.2, 0.25) is 10.0 Å². The third-order valence-corrected chi connectivity index (χ3v) is 5.78. The first-order chi connectivity index (χ1) is 10.1. The molecule has 0 atom stereocenters. The van der Waals surface area contributed by atoms with Crippen molar-refractivity contribution in [1.29, 1.82) is 0 Å². The lowest BCUT2D eigenvalue weighted by atomic mass is 9.80. The highest BCUT2D eigenvalue weighted by Crippen LogP contribution is 2.34. The Bertz CT molecular complexity index is 740. The first-order valence-corrected chi connectivity index (χ1v) is 8.57. The Balaban J connectivity index is 1.90. The Kier molecular flexibility index (Phi) is 3.73. The Labute approximate surface area is 125 Å². The lowest BCUT2D eigenvalue weighted by molar-refractivity contribution is -0.0659. The van der Waals surface area contributed by atoms with Gasteiger partial charge in [-0.2, -0.15) is 0 Å². The molecule has 0 spiro atoms. The van der Waals surface area contributed by atoms with Crippen molar-refractivity contribution in [3.63, 3.8) is 0 Å². The van der Waals surface area contributed by atoms with Crippen LogP contribution in [0.5, 0.6) is 0 Å². The van der Waals surface area contributed by atoms with E-state index >= 15 is 0 Å². The standard InChI is InChI=1S/C16H19NO3S/c1-20-16(10-5-11-16)12-17-21(18,19)15-9-4-7-13-6-2-3-8-14(13)15/h2-4,6-9,17H,5,10-12H2,1H3. The maximum absolute atomic E-state index is 12.6. The van der Waals surface area contributed by atoms with Crippen LogP contribution in [-0.2, 0) is 14.8 Å². The number of ether oxygens (including phenoxy) is 1. The van der Waals surface area contributed by atoms with Gasteiger partial charge in [-0.25, -0.2) is 13.1 Å². The van der Waals surface area contributed by atoms with E-state index in [1.54, 1.807) is 19.2 Å². The minimum Gasteiger partial charge on any atom is -0.377 e. The predicted molar refractivity (Wildman–Crippen MR) is 82.7 cm³/mol. The summed E-state index contributed by atoms with van der Waals surface area (Å²) in [5, 5.41) is 1.66. The summed E-state index contributed by atoms with van der Waals surface area (Å²) in [5.74, 6) is 0. The van der Waals surface area contributed by atoms with Gasteiger partial charge in [0.15, 0.2) is 0 Å².